The minimum atomic E-state index is -0.962. The fraction of sp³-hybridized carbons (Fsp3) is 0.545. The van der Waals surface area contributed by atoms with Crippen molar-refractivity contribution in [1.29, 1.82) is 0 Å². The zero-order valence-corrected chi connectivity index (χ0v) is 26.5. The number of likely N-dealkylation sites (tertiary alicyclic amines) is 1. The highest BCUT2D eigenvalue weighted by Gasteiger charge is 2.55. The Hall–Kier alpha value is -3.14. The number of carboxylic acids is 1. The summed E-state index contributed by atoms with van der Waals surface area (Å²) >= 11 is 0. The van der Waals surface area contributed by atoms with Gasteiger partial charge < -0.3 is 25.2 Å². The number of aliphatic hydroxyl groups is 1. The number of aliphatic hydroxyl groups excluding tert-OH is 1. The van der Waals surface area contributed by atoms with E-state index in [4.69, 9.17) is 4.74 Å². The molecule has 3 N–H and O–H groups in total. The Bertz CT molecular complexity index is 1260. The van der Waals surface area contributed by atoms with Crippen LogP contribution >= 0.6 is 12.4 Å². The lowest BCUT2D eigenvalue weighted by atomic mass is 9.79. The highest BCUT2D eigenvalue weighted by Crippen LogP contribution is 2.35. The maximum atomic E-state index is 13.7. The molecule has 43 heavy (non-hydrogen) atoms. The Labute approximate surface area is 261 Å². The Balaban J connectivity index is 0.00000506. The van der Waals surface area contributed by atoms with Crippen LogP contribution in [0, 0.1) is 12.8 Å². The van der Waals surface area contributed by atoms with E-state index in [2.05, 4.69) is 17.1 Å². The van der Waals surface area contributed by atoms with Crippen LogP contribution < -0.4 is 10.1 Å². The van der Waals surface area contributed by atoms with Crippen molar-refractivity contribution in [2.24, 2.45) is 5.92 Å². The molecule has 2 heterocycles. The number of piperazine rings is 1. The number of rotatable bonds is 12. The number of nitrogens with zero attached hydrogens (tertiary/aromatic N) is 2. The molecule has 2 aromatic carbocycles. The number of aromatic carboxylic acids is 1. The van der Waals surface area contributed by atoms with Crippen LogP contribution in [0.3, 0.4) is 0 Å². The third kappa shape index (κ3) is 7.51. The van der Waals surface area contributed by atoms with Crippen LogP contribution in [0.5, 0.6) is 11.5 Å². The SMILES string of the molecule is CCCCN1C(=O)[C@@H]([C@H](O)C(CC)CC)NC(=O)C12CCN(Cc1ccc(Oc3ccc(C(=O)O)c(C)c3)cc1)CC2.Cl. The van der Waals surface area contributed by atoms with E-state index < -0.39 is 23.7 Å². The average molecular weight is 616 g/mol. The molecule has 1 spiro atoms. The molecule has 9 nitrogen and oxygen atoms in total. The second-order valence-corrected chi connectivity index (χ2v) is 11.7. The fourth-order valence-electron chi connectivity index (χ4n) is 6.33. The molecule has 0 unspecified atom stereocenters. The standard InChI is InChI=1S/C33H45N3O6.ClH/c1-5-8-17-36-30(38)28(29(37)24(6-2)7-3)34-32(41)33(36)15-18-35(19-16-33)21-23-9-11-25(12-10-23)42-26-13-14-27(31(39)40)22(4)20-26;/h9-14,20,24,28-29,37H,5-8,15-19,21H2,1-4H3,(H,34,41)(H,39,40);1H/t28-,29-;/m1./s1. The van der Waals surface area contributed by atoms with Crippen molar-refractivity contribution in [3.8, 4) is 11.5 Å². The molecular weight excluding hydrogens is 570 g/mol. The first kappa shape index (κ1) is 34.4. The molecule has 2 aliphatic rings. The van der Waals surface area contributed by atoms with Crippen LogP contribution in [0.15, 0.2) is 42.5 Å². The first-order chi connectivity index (χ1) is 20.1. The maximum Gasteiger partial charge on any atom is 0.335 e. The normalized spacial score (nSPS) is 19.2. The number of carbonyl (C=O) groups excluding carboxylic acids is 2. The number of halogens is 1. The molecule has 0 saturated carbocycles. The number of carbonyl (C=O) groups is 3. The number of hydrogen-bond donors (Lipinski definition) is 3. The molecule has 0 aliphatic carbocycles. The molecule has 2 aliphatic heterocycles. The van der Waals surface area contributed by atoms with Gasteiger partial charge in [-0.2, -0.15) is 0 Å². The summed E-state index contributed by atoms with van der Waals surface area (Å²) in [6, 6.07) is 11.8. The summed E-state index contributed by atoms with van der Waals surface area (Å²) < 4.78 is 5.93. The van der Waals surface area contributed by atoms with Crippen LogP contribution in [-0.4, -0.2) is 75.1 Å². The first-order valence-corrected chi connectivity index (χ1v) is 15.3. The number of hydrogen-bond acceptors (Lipinski definition) is 6. The maximum absolute atomic E-state index is 13.7. The van der Waals surface area contributed by atoms with Gasteiger partial charge in [0, 0.05) is 26.2 Å². The fourth-order valence-corrected chi connectivity index (χ4v) is 6.33. The summed E-state index contributed by atoms with van der Waals surface area (Å²) in [5.74, 6) is -0.0552. The zero-order valence-electron chi connectivity index (χ0n) is 25.7. The lowest BCUT2D eigenvalue weighted by molar-refractivity contribution is -0.165. The van der Waals surface area contributed by atoms with Crippen molar-refractivity contribution in [3.05, 3.63) is 59.2 Å². The topological polar surface area (TPSA) is 119 Å². The highest BCUT2D eigenvalue weighted by atomic mass is 35.5. The van der Waals surface area contributed by atoms with Gasteiger partial charge in [0.1, 0.15) is 23.1 Å². The van der Waals surface area contributed by atoms with Gasteiger partial charge >= 0.3 is 5.97 Å². The predicted molar refractivity (Wildman–Crippen MR) is 168 cm³/mol. The summed E-state index contributed by atoms with van der Waals surface area (Å²) in [5.41, 5.74) is 1.12. The summed E-state index contributed by atoms with van der Waals surface area (Å²) in [5, 5.41) is 23.2. The van der Waals surface area contributed by atoms with Crippen molar-refractivity contribution >= 4 is 30.2 Å². The number of nitrogens with one attached hydrogen (secondary N) is 1. The number of ether oxygens (including phenoxy) is 1. The van der Waals surface area contributed by atoms with E-state index in [0.29, 0.717) is 56.1 Å². The number of aryl methyl sites for hydroxylation is 1. The molecule has 10 heteroatoms. The lowest BCUT2D eigenvalue weighted by Gasteiger charge is -2.52. The predicted octanol–water partition coefficient (Wildman–Crippen LogP) is 5.17. The number of carboxylic acid groups (broad SMARTS) is 1. The second-order valence-electron chi connectivity index (χ2n) is 11.7. The quantitative estimate of drug-likeness (QED) is 0.301. The molecule has 0 aromatic heterocycles. The number of unbranched alkanes of at least 4 members (excludes halogenated alkanes) is 1. The summed E-state index contributed by atoms with van der Waals surface area (Å²) in [6.07, 6.45) is 3.44. The minimum Gasteiger partial charge on any atom is -0.478 e. The Morgan fingerprint density at radius 1 is 1.05 bits per heavy atom. The summed E-state index contributed by atoms with van der Waals surface area (Å²) in [7, 11) is 0. The van der Waals surface area contributed by atoms with E-state index in [9.17, 15) is 24.6 Å². The van der Waals surface area contributed by atoms with Crippen LogP contribution in [0.1, 0.15) is 80.8 Å². The lowest BCUT2D eigenvalue weighted by Crippen LogP contribution is -2.75. The molecule has 2 fully saturated rings. The van der Waals surface area contributed by atoms with E-state index >= 15 is 0 Å². The van der Waals surface area contributed by atoms with Crippen LogP contribution in [0.2, 0.25) is 0 Å². The summed E-state index contributed by atoms with van der Waals surface area (Å²) in [6.45, 7) is 10.4. The molecule has 2 amide bonds. The van der Waals surface area contributed by atoms with Gasteiger partial charge in [-0.1, -0.05) is 52.2 Å². The third-order valence-electron chi connectivity index (χ3n) is 9.04. The van der Waals surface area contributed by atoms with E-state index in [1.807, 2.05) is 38.1 Å². The van der Waals surface area contributed by atoms with Crippen molar-refractivity contribution in [1.82, 2.24) is 15.1 Å². The van der Waals surface area contributed by atoms with Crippen molar-refractivity contribution in [2.45, 2.75) is 90.4 Å². The smallest absolute Gasteiger partial charge is 0.335 e. The Morgan fingerprint density at radius 3 is 2.23 bits per heavy atom. The Morgan fingerprint density at radius 2 is 1.67 bits per heavy atom. The van der Waals surface area contributed by atoms with Gasteiger partial charge in [-0.15, -0.1) is 12.4 Å². The number of piperidine rings is 1. The largest absolute Gasteiger partial charge is 0.478 e. The third-order valence-corrected chi connectivity index (χ3v) is 9.04. The van der Waals surface area contributed by atoms with Gasteiger partial charge in [-0.05, 0) is 73.6 Å². The monoisotopic (exact) mass is 615 g/mol. The van der Waals surface area contributed by atoms with Crippen LogP contribution in [0.25, 0.3) is 0 Å². The molecule has 236 valence electrons. The molecule has 2 aromatic rings. The molecule has 4 rings (SSSR count). The van der Waals surface area contributed by atoms with Gasteiger partial charge in [0.15, 0.2) is 0 Å². The van der Waals surface area contributed by atoms with Crippen molar-refractivity contribution in [2.75, 3.05) is 19.6 Å². The zero-order chi connectivity index (χ0) is 30.4. The average Bonchev–Trinajstić information content (AvgIpc) is 2.97. The van der Waals surface area contributed by atoms with Gasteiger partial charge in [0.25, 0.3) is 0 Å². The van der Waals surface area contributed by atoms with Gasteiger partial charge in [0.05, 0.1) is 11.7 Å². The molecule has 2 saturated heterocycles. The van der Waals surface area contributed by atoms with E-state index in [-0.39, 0.29) is 35.7 Å². The molecule has 0 radical (unpaired) electrons. The first-order valence-electron chi connectivity index (χ1n) is 15.3. The number of amides is 2. The van der Waals surface area contributed by atoms with Crippen molar-refractivity contribution in [3.63, 3.8) is 0 Å². The Kier molecular flexibility index (Phi) is 12.0. The van der Waals surface area contributed by atoms with E-state index in [1.54, 1.807) is 30.0 Å². The van der Waals surface area contributed by atoms with E-state index in [1.165, 1.54) is 0 Å². The van der Waals surface area contributed by atoms with E-state index in [0.717, 1.165) is 31.2 Å². The molecule has 2 atom stereocenters. The van der Waals surface area contributed by atoms with Gasteiger partial charge in [0.2, 0.25) is 11.8 Å². The van der Waals surface area contributed by atoms with Gasteiger partial charge in [-0.25, -0.2) is 4.79 Å². The second kappa shape index (κ2) is 15.0. The number of benzene rings is 2. The summed E-state index contributed by atoms with van der Waals surface area (Å²) in [4.78, 5) is 42.7. The van der Waals surface area contributed by atoms with Crippen LogP contribution in [0.4, 0.5) is 0 Å². The van der Waals surface area contributed by atoms with Crippen LogP contribution in [-0.2, 0) is 16.1 Å². The molecule has 0 bridgehead atoms. The van der Waals surface area contributed by atoms with Crippen molar-refractivity contribution < 1.29 is 29.3 Å². The van der Waals surface area contributed by atoms with Gasteiger partial charge in [-0.3, -0.25) is 14.5 Å². The molecular formula is C33H46ClN3O6. The highest BCUT2D eigenvalue weighted by molar-refractivity contribution is 6.00. The minimum absolute atomic E-state index is 0.